The van der Waals surface area contributed by atoms with Gasteiger partial charge in [0.05, 0.1) is 44.9 Å². The van der Waals surface area contributed by atoms with E-state index in [0.29, 0.717) is 11.7 Å². The Bertz CT molecular complexity index is 4040. The van der Waals surface area contributed by atoms with Gasteiger partial charge in [0.2, 0.25) is 0 Å². The molecule has 0 radical (unpaired) electrons. The Morgan fingerprint density at radius 1 is 0.403 bits per heavy atom. The van der Waals surface area contributed by atoms with Crippen molar-refractivity contribution in [2.45, 2.75) is 24.7 Å². The first kappa shape index (κ1) is 41.6. The van der Waals surface area contributed by atoms with Crippen LogP contribution in [0.4, 0.5) is 5.69 Å². The molecule has 0 saturated heterocycles. The second-order valence-corrected chi connectivity index (χ2v) is 18.9. The maximum Gasteiger partial charge on any atom is 0.160 e. The van der Waals surface area contributed by atoms with E-state index in [4.69, 9.17) is 24.9 Å². The molecule has 340 valence electrons. The first-order valence-electron chi connectivity index (χ1n) is 24.6. The first-order valence-corrected chi connectivity index (χ1v) is 24.6. The predicted octanol–water partition coefficient (Wildman–Crippen LogP) is 15.4. The van der Waals surface area contributed by atoms with Crippen molar-refractivity contribution in [2.24, 2.45) is 4.99 Å². The summed E-state index contributed by atoms with van der Waals surface area (Å²) in [5, 5.41) is 0. The van der Waals surface area contributed by atoms with Gasteiger partial charge in [0, 0.05) is 56.1 Å². The van der Waals surface area contributed by atoms with Crippen molar-refractivity contribution in [1.29, 1.82) is 0 Å². The lowest BCUT2D eigenvalue weighted by atomic mass is 9.84. The molecule has 1 spiro atoms. The molecule has 1 aliphatic heterocycles. The van der Waals surface area contributed by atoms with Gasteiger partial charge in [-0.15, -0.1) is 0 Å². The van der Waals surface area contributed by atoms with Crippen LogP contribution < -0.4 is 0 Å². The molecule has 1 aliphatic carbocycles. The van der Waals surface area contributed by atoms with Crippen LogP contribution in [0.3, 0.4) is 0 Å². The van der Waals surface area contributed by atoms with Gasteiger partial charge in [0.25, 0.3) is 0 Å². The lowest BCUT2D eigenvalue weighted by molar-refractivity contribution is 0.915. The highest BCUT2D eigenvalue weighted by molar-refractivity contribution is 6.16. The highest BCUT2D eigenvalue weighted by atomic mass is 15.1. The molecule has 7 heteroatoms. The van der Waals surface area contributed by atoms with E-state index in [2.05, 4.69) is 228 Å². The molecule has 9 aromatic carbocycles. The van der Waals surface area contributed by atoms with E-state index >= 15 is 0 Å². The topological polar surface area (TPSA) is 73.8 Å². The van der Waals surface area contributed by atoms with Gasteiger partial charge in [0.1, 0.15) is 11.6 Å². The minimum Gasteiger partial charge on any atom is -0.292 e. The quantitative estimate of drug-likeness (QED) is 0.145. The van der Waals surface area contributed by atoms with Gasteiger partial charge in [-0.05, 0) is 84.6 Å². The van der Waals surface area contributed by atoms with Gasteiger partial charge < -0.3 is 0 Å². The number of para-hydroxylation sites is 7. The number of benzene rings is 9. The second-order valence-electron chi connectivity index (χ2n) is 18.9. The number of hydrogen-bond acceptors (Lipinski definition) is 5. The van der Waals surface area contributed by atoms with Crippen molar-refractivity contribution >= 4 is 33.5 Å². The fraction of sp³-hybridized carbons (Fsp3) is 0.0615. The summed E-state index contributed by atoms with van der Waals surface area (Å²) in [5.41, 5.74) is 19.7. The number of rotatable bonds is 9. The average molecular weight is 924 g/mol. The number of aromatic nitrogens is 6. The Morgan fingerprint density at radius 2 is 0.833 bits per heavy atom. The zero-order valence-electron chi connectivity index (χ0n) is 39.4. The van der Waals surface area contributed by atoms with Gasteiger partial charge >= 0.3 is 0 Å². The Balaban J connectivity index is 0.872. The van der Waals surface area contributed by atoms with Crippen LogP contribution >= 0.6 is 0 Å². The molecule has 2 unspecified atom stereocenters. The summed E-state index contributed by atoms with van der Waals surface area (Å²) in [6, 6.07) is 83.2. The highest BCUT2D eigenvalue weighted by Crippen LogP contribution is 2.66. The average Bonchev–Trinajstić information content (AvgIpc) is 3.70. The van der Waals surface area contributed by atoms with E-state index in [1.807, 2.05) is 24.3 Å². The Labute approximate surface area is 417 Å². The zero-order valence-corrected chi connectivity index (χ0v) is 39.4. The zero-order chi connectivity index (χ0) is 47.8. The highest BCUT2D eigenvalue weighted by Gasteiger charge is 2.62. The third kappa shape index (κ3) is 6.77. The van der Waals surface area contributed by atoms with Crippen molar-refractivity contribution in [3.63, 3.8) is 0 Å². The van der Waals surface area contributed by atoms with Crippen molar-refractivity contribution in [3.05, 3.63) is 259 Å². The van der Waals surface area contributed by atoms with Crippen LogP contribution in [0.5, 0.6) is 0 Å². The van der Waals surface area contributed by atoms with Gasteiger partial charge in [-0.3, -0.25) is 14.1 Å². The standard InChI is InChI=1S/C65H45N7/c1-42-59(44-29-33-46(34-30-44)61-65(52-23-11-12-24-54(52)66-61)41-53(65)43-17-5-2-6-18-43)69-62(47-35-39-49(40-36-47)64-68-56-26-14-16-28-58(56)72(64)51-21-9-4-10-22-51)70-60(42)45-31-37-48(38-32-45)63-67-55-25-13-15-27-57(55)71(63)50-19-7-3-8-20-50/h2-40,53H,41H2,1H3. The van der Waals surface area contributed by atoms with Crippen molar-refractivity contribution in [3.8, 4) is 68.1 Å². The van der Waals surface area contributed by atoms with Crippen molar-refractivity contribution in [2.75, 3.05) is 0 Å². The normalized spacial score (nSPS) is 15.8. The maximum atomic E-state index is 5.41. The molecule has 1 fully saturated rings. The second kappa shape index (κ2) is 16.7. The van der Waals surface area contributed by atoms with Gasteiger partial charge in [-0.2, -0.15) is 0 Å². The van der Waals surface area contributed by atoms with E-state index in [0.717, 1.165) is 113 Å². The molecule has 12 aromatic rings. The van der Waals surface area contributed by atoms with Crippen LogP contribution in [0.15, 0.2) is 242 Å². The smallest absolute Gasteiger partial charge is 0.160 e. The number of aliphatic imine (C=N–C) groups is 1. The fourth-order valence-corrected chi connectivity index (χ4v) is 11.2. The van der Waals surface area contributed by atoms with Crippen LogP contribution in [0, 0.1) is 6.92 Å². The molecule has 72 heavy (non-hydrogen) atoms. The van der Waals surface area contributed by atoms with Crippen LogP contribution in [-0.4, -0.2) is 34.8 Å². The van der Waals surface area contributed by atoms with Crippen LogP contribution in [0.1, 0.15) is 34.6 Å². The molecular formula is C65H45N7. The van der Waals surface area contributed by atoms with Crippen LogP contribution in [0.2, 0.25) is 0 Å². The molecule has 7 nitrogen and oxygen atoms in total. The summed E-state index contributed by atoms with van der Waals surface area (Å²) in [4.78, 5) is 26.5. The van der Waals surface area contributed by atoms with Crippen LogP contribution in [-0.2, 0) is 5.41 Å². The molecule has 4 heterocycles. The molecule has 2 atom stereocenters. The molecule has 14 rings (SSSR count). The molecule has 0 amide bonds. The van der Waals surface area contributed by atoms with Crippen molar-refractivity contribution < 1.29 is 0 Å². The minimum atomic E-state index is -0.140. The Morgan fingerprint density at radius 3 is 1.38 bits per heavy atom. The molecule has 1 saturated carbocycles. The molecule has 0 bridgehead atoms. The fourth-order valence-electron chi connectivity index (χ4n) is 11.2. The van der Waals surface area contributed by atoms with Gasteiger partial charge in [0.15, 0.2) is 5.82 Å². The maximum absolute atomic E-state index is 5.41. The summed E-state index contributed by atoms with van der Waals surface area (Å²) >= 11 is 0. The minimum absolute atomic E-state index is 0.140. The van der Waals surface area contributed by atoms with Gasteiger partial charge in [-0.25, -0.2) is 19.9 Å². The third-order valence-electron chi connectivity index (χ3n) is 14.7. The Kier molecular flexibility index (Phi) is 9.64. The summed E-state index contributed by atoms with van der Waals surface area (Å²) in [5.74, 6) is 2.78. The summed E-state index contributed by atoms with van der Waals surface area (Å²) in [6.07, 6.45) is 1.04. The predicted molar refractivity (Wildman–Crippen MR) is 291 cm³/mol. The number of imidazole rings is 2. The van der Waals surface area contributed by atoms with E-state index < -0.39 is 0 Å². The van der Waals surface area contributed by atoms with E-state index in [9.17, 15) is 0 Å². The third-order valence-corrected chi connectivity index (χ3v) is 14.7. The van der Waals surface area contributed by atoms with E-state index in [-0.39, 0.29) is 5.41 Å². The van der Waals surface area contributed by atoms with E-state index in [1.54, 1.807) is 0 Å². The van der Waals surface area contributed by atoms with Crippen LogP contribution in [0.25, 0.3) is 90.1 Å². The lowest BCUT2D eigenvalue weighted by Gasteiger charge is -2.17. The summed E-state index contributed by atoms with van der Waals surface area (Å²) in [6.45, 7) is 2.14. The first-order chi connectivity index (χ1) is 35.6. The summed E-state index contributed by atoms with van der Waals surface area (Å²) in [7, 11) is 0. The SMILES string of the molecule is Cc1c(-c2ccc(C3=Nc4ccccc4C34CC4c3ccccc3)cc2)nc(-c2ccc(-c3nc4ccccc4n3-c3ccccc3)cc2)nc1-c1ccc(-c2nc3ccccc3n2-c2ccccc2)cc1. The molecule has 3 aromatic heterocycles. The molecular weight excluding hydrogens is 879 g/mol. The molecule has 0 N–H and O–H groups in total. The number of hydrogen-bond donors (Lipinski definition) is 0. The molecule has 2 aliphatic rings. The van der Waals surface area contributed by atoms with Crippen molar-refractivity contribution in [1.82, 2.24) is 29.1 Å². The number of fused-ring (bicyclic) bond motifs is 4. The lowest BCUT2D eigenvalue weighted by Crippen LogP contribution is -2.20. The summed E-state index contributed by atoms with van der Waals surface area (Å²) < 4.78 is 4.47. The number of nitrogens with zero attached hydrogens (tertiary/aromatic N) is 7. The van der Waals surface area contributed by atoms with Gasteiger partial charge in [-0.1, -0.05) is 182 Å². The monoisotopic (exact) mass is 923 g/mol. The Hall–Kier alpha value is -9.33. The largest absolute Gasteiger partial charge is 0.292 e. The van der Waals surface area contributed by atoms with E-state index in [1.165, 1.54) is 11.1 Å².